The predicted octanol–water partition coefficient (Wildman–Crippen LogP) is 4.60. The third kappa shape index (κ3) is 2.91. The molecule has 0 saturated carbocycles. The van der Waals surface area contributed by atoms with Crippen molar-refractivity contribution in [3.05, 3.63) is 50.1 Å². The summed E-state index contributed by atoms with van der Waals surface area (Å²) in [5.74, 6) is 1.59. The number of carbonyl (C=O) groups excluding carboxylic acids is 1. The van der Waals surface area contributed by atoms with Crippen LogP contribution in [0.2, 0.25) is 0 Å². The number of amides is 1. The Bertz CT molecular complexity index is 745. The summed E-state index contributed by atoms with van der Waals surface area (Å²) in [6, 6.07) is 7.36. The summed E-state index contributed by atoms with van der Waals surface area (Å²) in [4.78, 5) is 15.7. The van der Waals surface area contributed by atoms with Crippen LogP contribution >= 0.6 is 23.1 Å². The van der Waals surface area contributed by atoms with Gasteiger partial charge in [0.1, 0.15) is 5.75 Å². The lowest BCUT2D eigenvalue weighted by molar-refractivity contribution is -0.112. The number of benzene rings is 1. The summed E-state index contributed by atoms with van der Waals surface area (Å²) in [6.07, 6.45) is 2.01. The smallest absolute Gasteiger partial charge is 0.262 e. The molecule has 1 amide bonds. The number of ether oxygens (including phenoxy) is 1. The highest BCUT2D eigenvalue weighted by atomic mass is 32.2. The van der Waals surface area contributed by atoms with E-state index in [9.17, 15) is 4.79 Å². The third-order valence-electron chi connectivity index (χ3n) is 3.75. The number of thioether (sulfide) groups is 1. The number of anilines is 1. The fourth-order valence-electron chi connectivity index (χ4n) is 2.31. The molecule has 0 saturated heterocycles. The fourth-order valence-corrected chi connectivity index (χ4v) is 4.66. The van der Waals surface area contributed by atoms with E-state index in [-0.39, 0.29) is 5.91 Å². The number of methoxy groups -OCH3 is 1. The van der Waals surface area contributed by atoms with Gasteiger partial charge in [0.05, 0.1) is 12.0 Å². The van der Waals surface area contributed by atoms with Gasteiger partial charge in [-0.25, -0.2) is 0 Å². The molecule has 5 heteroatoms. The molecule has 1 aromatic heterocycles. The molecular formula is C17H17NO2S2. The molecular weight excluding hydrogens is 314 g/mol. The molecule has 1 aliphatic rings. The molecule has 0 spiro atoms. The molecule has 114 valence electrons. The van der Waals surface area contributed by atoms with Crippen molar-refractivity contribution in [2.24, 2.45) is 0 Å². The van der Waals surface area contributed by atoms with E-state index in [2.05, 4.69) is 19.2 Å². The third-order valence-corrected chi connectivity index (χ3v) is 5.99. The van der Waals surface area contributed by atoms with E-state index in [4.69, 9.17) is 4.74 Å². The van der Waals surface area contributed by atoms with Gasteiger partial charge in [-0.3, -0.25) is 4.79 Å². The first kappa shape index (κ1) is 15.2. The summed E-state index contributed by atoms with van der Waals surface area (Å²) < 4.78 is 5.12. The zero-order chi connectivity index (χ0) is 15.7. The quantitative estimate of drug-likeness (QED) is 0.893. The Balaban J connectivity index is 1.77. The van der Waals surface area contributed by atoms with Crippen molar-refractivity contribution in [2.75, 3.05) is 12.4 Å². The SMILES string of the molecule is COc1ccc(NC(=O)C2=Cc3sc(C)c(C)c3CS2)cc1. The minimum absolute atomic E-state index is 0.0514. The molecule has 0 aliphatic carbocycles. The molecule has 1 N–H and O–H groups in total. The molecule has 3 nitrogen and oxygen atoms in total. The summed E-state index contributed by atoms with van der Waals surface area (Å²) >= 11 is 3.36. The number of hydrogen-bond donors (Lipinski definition) is 1. The van der Waals surface area contributed by atoms with Crippen molar-refractivity contribution in [2.45, 2.75) is 19.6 Å². The van der Waals surface area contributed by atoms with Crippen LogP contribution in [-0.2, 0) is 10.5 Å². The second kappa shape index (κ2) is 6.18. The molecule has 0 atom stereocenters. The van der Waals surface area contributed by atoms with Crippen LogP contribution in [0.3, 0.4) is 0 Å². The van der Waals surface area contributed by atoms with Gasteiger partial charge in [0.25, 0.3) is 5.91 Å². The van der Waals surface area contributed by atoms with E-state index in [0.717, 1.165) is 22.1 Å². The van der Waals surface area contributed by atoms with Crippen molar-refractivity contribution in [3.8, 4) is 5.75 Å². The largest absolute Gasteiger partial charge is 0.497 e. The van der Waals surface area contributed by atoms with Crippen LogP contribution in [0.4, 0.5) is 5.69 Å². The predicted molar refractivity (Wildman–Crippen MR) is 94.7 cm³/mol. The van der Waals surface area contributed by atoms with Gasteiger partial charge in [-0.2, -0.15) is 0 Å². The first-order valence-corrected chi connectivity index (χ1v) is 8.77. The highest BCUT2D eigenvalue weighted by Gasteiger charge is 2.21. The molecule has 0 fully saturated rings. The maximum atomic E-state index is 12.4. The van der Waals surface area contributed by atoms with Crippen LogP contribution in [0.1, 0.15) is 20.9 Å². The Morgan fingerprint density at radius 1 is 1.23 bits per heavy atom. The van der Waals surface area contributed by atoms with Gasteiger partial charge in [0.2, 0.25) is 0 Å². The standard InChI is InChI=1S/C17H17NO2S2/c1-10-11(2)22-15-8-16(21-9-14(10)15)17(19)18-12-4-6-13(20-3)7-5-12/h4-8H,9H2,1-3H3,(H,18,19). The summed E-state index contributed by atoms with van der Waals surface area (Å²) in [7, 11) is 1.62. The molecule has 3 rings (SSSR count). The molecule has 0 bridgehead atoms. The summed E-state index contributed by atoms with van der Waals surface area (Å²) in [5, 5.41) is 2.94. The number of fused-ring (bicyclic) bond motifs is 1. The summed E-state index contributed by atoms with van der Waals surface area (Å²) in [5.41, 5.74) is 3.50. The van der Waals surface area contributed by atoms with Gasteiger partial charge >= 0.3 is 0 Å². The minimum Gasteiger partial charge on any atom is -0.497 e. The first-order chi connectivity index (χ1) is 10.6. The highest BCUT2D eigenvalue weighted by Crippen LogP contribution is 2.39. The Hall–Kier alpha value is -1.72. The van der Waals surface area contributed by atoms with Crippen LogP contribution in [0.5, 0.6) is 5.75 Å². The number of nitrogens with one attached hydrogen (secondary N) is 1. The van der Waals surface area contributed by atoms with E-state index in [1.165, 1.54) is 20.9 Å². The van der Waals surface area contributed by atoms with E-state index in [1.54, 1.807) is 30.2 Å². The average molecular weight is 331 g/mol. The fraction of sp³-hybridized carbons (Fsp3) is 0.235. The number of hydrogen-bond acceptors (Lipinski definition) is 4. The lowest BCUT2D eigenvalue weighted by Gasteiger charge is -2.14. The van der Waals surface area contributed by atoms with Crippen molar-refractivity contribution in [1.29, 1.82) is 0 Å². The maximum absolute atomic E-state index is 12.4. The van der Waals surface area contributed by atoms with Crippen molar-refractivity contribution in [3.63, 3.8) is 0 Å². The lowest BCUT2D eigenvalue weighted by Crippen LogP contribution is -2.14. The van der Waals surface area contributed by atoms with Gasteiger partial charge in [-0.1, -0.05) is 0 Å². The molecule has 1 aliphatic heterocycles. The first-order valence-electron chi connectivity index (χ1n) is 6.97. The number of aryl methyl sites for hydroxylation is 1. The Morgan fingerprint density at radius 3 is 2.64 bits per heavy atom. The van der Waals surface area contributed by atoms with Gasteiger partial charge in [0.15, 0.2) is 0 Å². The van der Waals surface area contributed by atoms with Crippen molar-refractivity contribution in [1.82, 2.24) is 0 Å². The summed E-state index contributed by atoms with van der Waals surface area (Å²) in [6.45, 7) is 4.29. The Labute approximate surface area is 138 Å². The normalized spacial score (nSPS) is 13.3. The molecule has 2 heterocycles. The molecule has 22 heavy (non-hydrogen) atoms. The van der Waals surface area contributed by atoms with Gasteiger partial charge < -0.3 is 10.1 Å². The van der Waals surface area contributed by atoms with Crippen molar-refractivity contribution < 1.29 is 9.53 Å². The second-order valence-corrected chi connectivity index (χ2v) is 7.38. The lowest BCUT2D eigenvalue weighted by atomic mass is 10.1. The van der Waals surface area contributed by atoms with Gasteiger partial charge in [0, 0.05) is 21.2 Å². The topological polar surface area (TPSA) is 38.3 Å². The zero-order valence-corrected chi connectivity index (χ0v) is 14.4. The molecule has 0 radical (unpaired) electrons. The van der Waals surface area contributed by atoms with Crippen LogP contribution in [0, 0.1) is 13.8 Å². The molecule has 0 unspecified atom stereocenters. The van der Waals surface area contributed by atoms with E-state index >= 15 is 0 Å². The van der Waals surface area contributed by atoms with Crippen LogP contribution < -0.4 is 10.1 Å². The van der Waals surface area contributed by atoms with Crippen LogP contribution in [0.15, 0.2) is 29.2 Å². The number of carbonyl (C=O) groups is 1. The Morgan fingerprint density at radius 2 is 1.95 bits per heavy atom. The molecule has 1 aromatic carbocycles. The van der Waals surface area contributed by atoms with Gasteiger partial charge in [-0.05, 0) is 55.3 Å². The minimum atomic E-state index is -0.0514. The molecule has 2 aromatic rings. The maximum Gasteiger partial charge on any atom is 0.262 e. The van der Waals surface area contributed by atoms with Crippen LogP contribution in [-0.4, -0.2) is 13.0 Å². The monoisotopic (exact) mass is 331 g/mol. The van der Waals surface area contributed by atoms with Crippen molar-refractivity contribution >= 4 is 40.8 Å². The van der Waals surface area contributed by atoms with E-state index < -0.39 is 0 Å². The highest BCUT2D eigenvalue weighted by molar-refractivity contribution is 8.03. The zero-order valence-electron chi connectivity index (χ0n) is 12.7. The average Bonchev–Trinajstić information content (AvgIpc) is 2.82. The number of thiophene rings is 1. The van der Waals surface area contributed by atoms with E-state index in [1.807, 2.05) is 30.3 Å². The number of rotatable bonds is 3. The Kier molecular flexibility index (Phi) is 4.27. The van der Waals surface area contributed by atoms with E-state index in [0.29, 0.717) is 0 Å². The second-order valence-electron chi connectivity index (χ2n) is 5.11. The van der Waals surface area contributed by atoms with Crippen LogP contribution in [0.25, 0.3) is 6.08 Å². The van der Waals surface area contributed by atoms with Gasteiger partial charge in [-0.15, -0.1) is 23.1 Å².